The zero-order chi connectivity index (χ0) is 11.3. The molecule has 0 bridgehead atoms. The van der Waals surface area contributed by atoms with Crippen LogP contribution in [0.2, 0.25) is 5.02 Å². The molecule has 0 saturated carbocycles. The lowest BCUT2D eigenvalue weighted by molar-refractivity contribution is 0.591. The maximum atomic E-state index is 6.07. The molecular formula is C12H20Cl2N2. The van der Waals surface area contributed by atoms with E-state index in [-0.39, 0.29) is 18.4 Å². The zero-order valence-electron chi connectivity index (χ0n) is 9.58. The summed E-state index contributed by atoms with van der Waals surface area (Å²) in [5.74, 6) is 0. The molecule has 0 aliphatic carbocycles. The summed E-state index contributed by atoms with van der Waals surface area (Å²) in [7, 11) is 0. The van der Waals surface area contributed by atoms with E-state index in [0.717, 1.165) is 42.0 Å². The van der Waals surface area contributed by atoms with Gasteiger partial charge in [-0.05, 0) is 43.5 Å². The van der Waals surface area contributed by atoms with Crippen molar-refractivity contribution in [1.29, 1.82) is 0 Å². The summed E-state index contributed by atoms with van der Waals surface area (Å²) in [6, 6.07) is 6.08. The van der Waals surface area contributed by atoms with Gasteiger partial charge in [0.15, 0.2) is 0 Å². The highest BCUT2D eigenvalue weighted by atomic mass is 35.5. The van der Waals surface area contributed by atoms with Crippen LogP contribution in [0.1, 0.15) is 36.4 Å². The fourth-order valence-corrected chi connectivity index (χ4v) is 1.69. The number of nitrogens with two attached hydrogens (primary N) is 2. The molecule has 0 spiro atoms. The Hall–Kier alpha value is -0.280. The molecule has 0 unspecified atom stereocenters. The molecule has 0 aliphatic rings. The first-order valence-electron chi connectivity index (χ1n) is 5.37. The number of aryl methyl sites for hydroxylation is 1. The number of hydrogen-bond acceptors (Lipinski definition) is 2. The summed E-state index contributed by atoms with van der Waals surface area (Å²) >= 11 is 5.95. The van der Waals surface area contributed by atoms with Crippen LogP contribution < -0.4 is 11.5 Å². The van der Waals surface area contributed by atoms with Crippen LogP contribution >= 0.6 is 24.0 Å². The van der Waals surface area contributed by atoms with Crippen LogP contribution in [0.15, 0.2) is 18.2 Å². The Balaban J connectivity index is 0.00000225. The van der Waals surface area contributed by atoms with Gasteiger partial charge in [0.1, 0.15) is 0 Å². The molecule has 0 fully saturated rings. The smallest absolute Gasteiger partial charge is 0.0435 e. The minimum absolute atomic E-state index is 0. The average Bonchev–Trinajstić information content (AvgIpc) is 2.22. The molecule has 92 valence electrons. The van der Waals surface area contributed by atoms with Gasteiger partial charge in [0.05, 0.1) is 0 Å². The Morgan fingerprint density at radius 2 is 2.00 bits per heavy atom. The minimum Gasteiger partial charge on any atom is -0.330 e. The Bertz CT molecular complexity index is 316. The van der Waals surface area contributed by atoms with E-state index in [1.54, 1.807) is 0 Å². The first-order chi connectivity index (χ1) is 7.15. The van der Waals surface area contributed by atoms with E-state index in [1.165, 1.54) is 0 Å². The number of rotatable bonds is 5. The zero-order valence-corrected chi connectivity index (χ0v) is 11.2. The Morgan fingerprint density at radius 3 is 2.56 bits per heavy atom. The van der Waals surface area contributed by atoms with Crippen molar-refractivity contribution in [3.8, 4) is 0 Å². The van der Waals surface area contributed by atoms with E-state index >= 15 is 0 Å². The second kappa shape index (κ2) is 7.91. The number of halogens is 2. The normalized spacial score (nSPS) is 12.0. The average molecular weight is 263 g/mol. The van der Waals surface area contributed by atoms with Gasteiger partial charge in [-0.3, -0.25) is 0 Å². The molecule has 0 saturated heterocycles. The maximum Gasteiger partial charge on any atom is 0.0435 e. The molecule has 4 N–H and O–H groups in total. The summed E-state index contributed by atoms with van der Waals surface area (Å²) in [6.45, 7) is 2.74. The lowest BCUT2D eigenvalue weighted by atomic mass is 10.0. The van der Waals surface area contributed by atoms with Crippen molar-refractivity contribution >= 4 is 24.0 Å². The van der Waals surface area contributed by atoms with E-state index in [1.807, 2.05) is 19.1 Å². The molecular weight excluding hydrogens is 243 g/mol. The predicted octanol–water partition coefficient (Wildman–Crippen LogP) is 3.20. The van der Waals surface area contributed by atoms with Crippen molar-refractivity contribution in [2.75, 3.05) is 6.54 Å². The molecule has 0 heterocycles. The fourth-order valence-electron chi connectivity index (χ4n) is 1.57. The van der Waals surface area contributed by atoms with Gasteiger partial charge in [-0.2, -0.15) is 0 Å². The quantitative estimate of drug-likeness (QED) is 0.801. The van der Waals surface area contributed by atoms with Crippen LogP contribution in [-0.4, -0.2) is 6.54 Å². The third-order valence-corrected chi connectivity index (χ3v) is 3.00. The van der Waals surface area contributed by atoms with Crippen molar-refractivity contribution in [1.82, 2.24) is 0 Å². The SMILES string of the molecule is Cc1cc([C@H](N)CCCCN)ccc1Cl.Cl. The third-order valence-electron chi connectivity index (χ3n) is 2.58. The van der Waals surface area contributed by atoms with Crippen molar-refractivity contribution in [2.45, 2.75) is 32.2 Å². The molecule has 0 aliphatic heterocycles. The molecule has 1 aromatic rings. The molecule has 1 rings (SSSR count). The molecule has 16 heavy (non-hydrogen) atoms. The van der Waals surface area contributed by atoms with E-state index in [9.17, 15) is 0 Å². The fraction of sp³-hybridized carbons (Fsp3) is 0.500. The van der Waals surface area contributed by atoms with Crippen molar-refractivity contribution in [3.63, 3.8) is 0 Å². The monoisotopic (exact) mass is 262 g/mol. The minimum atomic E-state index is 0. The highest BCUT2D eigenvalue weighted by Gasteiger charge is 2.06. The van der Waals surface area contributed by atoms with Crippen LogP contribution in [0.5, 0.6) is 0 Å². The summed E-state index contributed by atoms with van der Waals surface area (Å²) < 4.78 is 0. The highest BCUT2D eigenvalue weighted by molar-refractivity contribution is 6.31. The molecule has 0 amide bonds. The van der Waals surface area contributed by atoms with E-state index < -0.39 is 0 Å². The summed E-state index contributed by atoms with van der Waals surface area (Å²) in [5.41, 5.74) is 13.8. The van der Waals surface area contributed by atoms with Gasteiger partial charge in [0, 0.05) is 11.1 Å². The molecule has 2 nitrogen and oxygen atoms in total. The Morgan fingerprint density at radius 1 is 1.31 bits per heavy atom. The standard InChI is InChI=1S/C12H19ClN2.ClH/c1-9-8-10(5-6-11(9)13)12(15)4-2-3-7-14;/h5-6,8,12H,2-4,7,14-15H2,1H3;1H/t12-;/m1./s1. The highest BCUT2D eigenvalue weighted by Crippen LogP contribution is 2.22. The van der Waals surface area contributed by atoms with Crippen LogP contribution in [0.25, 0.3) is 0 Å². The first-order valence-corrected chi connectivity index (χ1v) is 5.74. The second-order valence-corrected chi connectivity index (χ2v) is 4.31. The van der Waals surface area contributed by atoms with Gasteiger partial charge in [-0.25, -0.2) is 0 Å². The van der Waals surface area contributed by atoms with Gasteiger partial charge in [-0.1, -0.05) is 30.2 Å². The van der Waals surface area contributed by atoms with Crippen LogP contribution in [-0.2, 0) is 0 Å². The van der Waals surface area contributed by atoms with Crippen LogP contribution in [0, 0.1) is 6.92 Å². The number of hydrogen-bond donors (Lipinski definition) is 2. The molecule has 0 aromatic heterocycles. The van der Waals surface area contributed by atoms with Crippen molar-refractivity contribution in [2.24, 2.45) is 11.5 Å². The lowest BCUT2D eigenvalue weighted by Gasteiger charge is -2.12. The molecule has 0 radical (unpaired) electrons. The van der Waals surface area contributed by atoms with Crippen molar-refractivity contribution in [3.05, 3.63) is 34.3 Å². The maximum absolute atomic E-state index is 6.07. The topological polar surface area (TPSA) is 52.0 Å². The predicted molar refractivity (Wildman–Crippen MR) is 73.3 cm³/mol. The first kappa shape index (κ1) is 15.7. The van der Waals surface area contributed by atoms with E-state index in [2.05, 4.69) is 6.07 Å². The van der Waals surface area contributed by atoms with Crippen LogP contribution in [0.4, 0.5) is 0 Å². The summed E-state index contributed by atoms with van der Waals surface area (Å²) in [4.78, 5) is 0. The van der Waals surface area contributed by atoms with Gasteiger partial charge in [0.2, 0.25) is 0 Å². The lowest BCUT2D eigenvalue weighted by Crippen LogP contribution is -2.11. The van der Waals surface area contributed by atoms with Crippen LogP contribution in [0.3, 0.4) is 0 Å². The summed E-state index contributed by atoms with van der Waals surface area (Å²) in [5, 5.41) is 0.799. The number of benzene rings is 1. The molecule has 1 aromatic carbocycles. The molecule has 1 atom stereocenters. The van der Waals surface area contributed by atoms with Gasteiger partial charge in [0.25, 0.3) is 0 Å². The second-order valence-electron chi connectivity index (χ2n) is 3.90. The summed E-state index contributed by atoms with van der Waals surface area (Å²) in [6.07, 6.45) is 3.11. The van der Waals surface area contributed by atoms with Gasteiger partial charge in [-0.15, -0.1) is 12.4 Å². The van der Waals surface area contributed by atoms with Gasteiger partial charge < -0.3 is 11.5 Å². The van der Waals surface area contributed by atoms with E-state index in [4.69, 9.17) is 23.1 Å². The Kier molecular flexibility index (Phi) is 7.77. The number of unbranched alkanes of at least 4 members (excludes halogenated alkanes) is 1. The third kappa shape index (κ3) is 4.71. The van der Waals surface area contributed by atoms with Gasteiger partial charge >= 0.3 is 0 Å². The largest absolute Gasteiger partial charge is 0.330 e. The van der Waals surface area contributed by atoms with E-state index in [0.29, 0.717) is 0 Å². The van der Waals surface area contributed by atoms with Crippen molar-refractivity contribution < 1.29 is 0 Å². The molecule has 4 heteroatoms. The Labute approximate surface area is 109 Å².